The Morgan fingerprint density at radius 2 is 2.16 bits per heavy atom. The van der Waals surface area contributed by atoms with Gasteiger partial charge in [-0.25, -0.2) is 4.39 Å². The van der Waals surface area contributed by atoms with E-state index < -0.39 is 6.10 Å². The summed E-state index contributed by atoms with van der Waals surface area (Å²) in [7, 11) is 1.84. The maximum atomic E-state index is 13.2. The highest BCUT2D eigenvalue weighted by molar-refractivity contribution is 5.35. The Bertz CT molecular complexity index is 579. The first-order valence-corrected chi connectivity index (χ1v) is 6.07. The van der Waals surface area contributed by atoms with Crippen molar-refractivity contribution in [1.29, 1.82) is 0 Å². The lowest BCUT2D eigenvalue weighted by Crippen LogP contribution is -2.05. The van der Waals surface area contributed by atoms with E-state index in [2.05, 4.69) is 5.10 Å². The minimum atomic E-state index is -0.779. The third-order valence-electron chi connectivity index (χ3n) is 2.90. The molecule has 0 amide bonds. The van der Waals surface area contributed by atoms with Crippen LogP contribution in [-0.4, -0.2) is 14.9 Å². The molecule has 2 aromatic rings. The van der Waals surface area contributed by atoms with Gasteiger partial charge in [0, 0.05) is 12.6 Å². The number of hydrogen-bond donors (Lipinski definition) is 1. The summed E-state index contributed by atoms with van der Waals surface area (Å²) in [6, 6.07) is 6.05. The van der Waals surface area contributed by atoms with E-state index >= 15 is 0 Å². The summed E-state index contributed by atoms with van der Waals surface area (Å²) in [6.45, 7) is 3.81. The number of hydrogen-bond acceptors (Lipinski definition) is 3. The lowest BCUT2D eigenvalue weighted by molar-refractivity contribution is 0.189. The molecule has 0 bridgehead atoms. The van der Waals surface area contributed by atoms with E-state index in [1.807, 2.05) is 20.0 Å². The lowest BCUT2D eigenvalue weighted by atomic mass is 10.1. The first-order valence-electron chi connectivity index (χ1n) is 6.07. The van der Waals surface area contributed by atoms with Crippen LogP contribution in [0.4, 0.5) is 4.39 Å². The fraction of sp³-hybridized carbons (Fsp3) is 0.357. The number of benzene rings is 1. The van der Waals surface area contributed by atoms with Gasteiger partial charge in [-0.15, -0.1) is 0 Å². The Balaban J connectivity index is 2.17. The maximum Gasteiger partial charge on any atom is 0.130 e. The summed E-state index contributed by atoms with van der Waals surface area (Å²) in [5.41, 5.74) is 2.27. The molecule has 0 aliphatic carbocycles. The zero-order chi connectivity index (χ0) is 14.0. The molecular weight excluding hydrogens is 247 g/mol. The Hall–Kier alpha value is -1.88. The zero-order valence-corrected chi connectivity index (χ0v) is 11.2. The fourth-order valence-corrected chi connectivity index (χ4v) is 1.93. The molecule has 0 fully saturated rings. The normalized spacial score (nSPS) is 12.5. The average molecular weight is 264 g/mol. The van der Waals surface area contributed by atoms with Crippen molar-refractivity contribution in [2.75, 3.05) is 0 Å². The van der Waals surface area contributed by atoms with Crippen molar-refractivity contribution in [1.82, 2.24) is 9.78 Å². The molecule has 5 heteroatoms. The summed E-state index contributed by atoms with van der Waals surface area (Å²) >= 11 is 0. The van der Waals surface area contributed by atoms with E-state index in [0.29, 0.717) is 17.9 Å². The summed E-state index contributed by atoms with van der Waals surface area (Å²) in [6.07, 6.45) is -0.779. The maximum absolute atomic E-state index is 13.2. The van der Waals surface area contributed by atoms with Crippen LogP contribution < -0.4 is 4.74 Å². The van der Waals surface area contributed by atoms with Gasteiger partial charge in [0.05, 0.1) is 17.5 Å². The van der Waals surface area contributed by atoms with Crippen molar-refractivity contribution in [3.8, 4) is 5.75 Å². The van der Waals surface area contributed by atoms with Gasteiger partial charge in [0.25, 0.3) is 0 Å². The lowest BCUT2D eigenvalue weighted by Gasteiger charge is -2.13. The Labute approximate surface area is 111 Å². The van der Waals surface area contributed by atoms with Crippen molar-refractivity contribution in [2.45, 2.75) is 26.6 Å². The van der Waals surface area contributed by atoms with E-state index in [0.717, 1.165) is 11.4 Å². The van der Waals surface area contributed by atoms with Gasteiger partial charge in [-0.2, -0.15) is 5.10 Å². The van der Waals surface area contributed by atoms with E-state index in [1.54, 1.807) is 11.6 Å². The molecule has 1 aromatic carbocycles. The highest BCUT2D eigenvalue weighted by Gasteiger charge is 2.11. The summed E-state index contributed by atoms with van der Waals surface area (Å²) in [5.74, 6) is 0.0925. The van der Waals surface area contributed by atoms with Crippen LogP contribution >= 0.6 is 0 Å². The second-order valence-corrected chi connectivity index (χ2v) is 4.55. The molecule has 1 unspecified atom stereocenters. The van der Waals surface area contributed by atoms with Crippen LogP contribution in [0.3, 0.4) is 0 Å². The number of ether oxygens (including phenoxy) is 1. The molecule has 1 heterocycles. The molecule has 0 spiro atoms. The summed E-state index contributed by atoms with van der Waals surface area (Å²) in [5, 5.41) is 13.8. The first kappa shape index (κ1) is 13.5. The molecule has 0 aliphatic rings. The molecule has 1 N–H and O–H groups in total. The van der Waals surface area contributed by atoms with Gasteiger partial charge in [0.2, 0.25) is 0 Å². The SMILES string of the molecule is Cc1cc(COc2ccc(F)cc2C(C)O)n(C)n1. The number of aryl methyl sites for hydroxylation is 2. The van der Waals surface area contributed by atoms with Gasteiger partial charge < -0.3 is 9.84 Å². The second-order valence-electron chi connectivity index (χ2n) is 4.55. The zero-order valence-electron chi connectivity index (χ0n) is 11.2. The standard InChI is InChI=1S/C14H17FN2O2/c1-9-6-12(17(3)16-9)8-19-14-5-4-11(15)7-13(14)10(2)18/h4-7,10,18H,8H2,1-3H3. The molecule has 0 aliphatic heterocycles. The van der Waals surface area contributed by atoms with Gasteiger partial charge in [-0.3, -0.25) is 4.68 Å². The molecule has 2 rings (SSSR count). The van der Waals surface area contributed by atoms with E-state index in [9.17, 15) is 9.50 Å². The molecular formula is C14H17FN2O2. The molecule has 1 aromatic heterocycles. The minimum absolute atomic E-state index is 0.322. The average Bonchev–Trinajstić information content (AvgIpc) is 2.66. The van der Waals surface area contributed by atoms with Crippen LogP contribution in [0.15, 0.2) is 24.3 Å². The van der Waals surface area contributed by atoms with Crippen molar-refractivity contribution in [3.05, 3.63) is 47.0 Å². The van der Waals surface area contributed by atoms with Gasteiger partial charge >= 0.3 is 0 Å². The Kier molecular flexibility index (Phi) is 3.85. The van der Waals surface area contributed by atoms with Gasteiger partial charge in [-0.05, 0) is 38.1 Å². The van der Waals surface area contributed by atoms with Crippen LogP contribution in [0.1, 0.15) is 30.0 Å². The van der Waals surface area contributed by atoms with E-state index in [4.69, 9.17) is 4.74 Å². The predicted octanol–water partition coefficient (Wildman–Crippen LogP) is 2.50. The van der Waals surface area contributed by atoms with Gasteiger partial charge in [-0.1, -0.05) is 0 Å². The van der Waals surface area contributed by atoms with Crippen molar-refractivity contribution >= 4 is 0 Å². The highest BCUT2D eigenvalue weighted by Crippen LogP contribution is 2.26. The summed E-state index contributed by atoms with van der Waals surface area (Å²) in [4.78, 5) is 0. The fourth-order valence-electron chi connectivity index (χ4n) is 1.93. The minimum Gasteiger partial charge on any atom is -0.487 e. The molecule has 102 valence electrons. The third kappa shape index (κ3) is 3.12. The van der Waals surface area contributed by atoms with Crippen LogP contribution in [-0.2, 0) is 13.7 Å². The smallest absolute Gasteiger partial charge is 0.130 e. The molecule has 0 saturated carbocycles. The van der Waals surface area contributed by atoms with E-state index in [1.165, 1.54) is 18.2 Å². The van der Waals surface area contributed by atoms with Gasteiger partial charge in [0.1, 0.15) is 18.2 Å². The number of halogens is 1. The van der Waals surface area contributed by atoms with Crippen molar-refractivity contribution < 1.29 is 14.2 Å². The number of aliphatic hydroxyl groups excluding tert-OH is 1. The largest absolute Gasteiger partial charge is 0.487 e. The van der Waals surface area contributed by atoms with Crippen LogP contribution in [0.25, 0.3) is 0 Å². The molecule has 19 heavy (non-hydrogen) atoms. The topological polar surface area (TPSA) is 47.3 Å². The van der Waals surface area contributed by atoms with Crippen molar-refractivity contribution in [2.24, 2.45) is 7.05 Å². The number of nitrogens with zero attached hydrogens (tertiary/aromatic N) is 2. The quantitative estimate of drug-likeness (QED) is 0.923. The van der Waals surface area contributed by atoms with Crippen LogP contribution in [0.5, 0.6) is 5.75 Å². The van der Waals surface area contributed by atoms with Crippen LogP contribution in [0, 0.1) is 12.7 Å². The van der Waals surface area contributed by atoms with Crippen LogP contribution in [0.2, 0.25) is 0 Å². The number of aliphatic hydroxyl groups is 1. The number of aromatic nitrogens is 2. The molecule has 0 saturated heterocycles. The highest BCUT2D eigenvalue weighted by atomic mass is 19.1. The second kappa shape index (κ2) is 5.40. The molecule has 4 nitrogen and oxygen atoms in total. The van der Waals surface area contributed by atoms with Gasteiger partial charge in [0.15, 0.2) is 0 Å². The Morgan fingerprint density at radius 3 is 2.74 bits per heavy atom. The monoisotopic (exact) mass is 264 g/mol. The predicted molar refractivity (Wildman–Crippen MR) is 69.3 cm³/mol. The van der Waals surface area contributed by atoms with Crippen molar-refractivity contribution in [3.63, 3.8) is 0 Å². The first-order chi connectivity index (χ1) is 8.97. The molecule has 1 atom stereocenters. The summed E-state index contributed by atoms with van der Waals surface area (Å²) < 4.78 is 20.5. The molecule has 0 radical (unpaired) electrons. The Morgan fingerprint density at radius 1 is 1.42 bits per heavy atom. The number of rotatable bonds is 4. The third-order valence-corrected chi connectivity index (χ3v) is 2.90. The van der Waals surface area contributed by atoms with E-state index in [-0.39, 0.29) is 5.82 Å².